The van der Waals surface area contributed by atoms with Crippen molar-refractivity contribution in [1.29, 1.82) is 0 Å². The van der Waals surface area contributed by atoms with Crippen molar-refractivity contribution in [2.45, 2.75) is 25.0 Å². The number of nitrogen functional groups attached to an aromatic ring is 1. The Labute approximate surface area is 117 Å². The number of aryl methyl sites for hydroxylation is 1. The smallest absolute Gasteiger partial charge is 0.259 e. The van der Waals surface area contributed by atoms with Gasteiger partial charge < -0.3 is 15.4 Å². The van der Waals surface area contributed by atoms with Gasteiger partial charge in [-0.2, -0.15) is 0 Å². The zero-order valence-corrected chi connectivity index (χ0v) is 11.8. The lowest BCUT2D eigenvalue weighted by Gasteiger charge is -2.07. The number of rotatable bonds is 5. The third kappa shape index (κ3) is 3.09. The van der Waals surface area contributed by atoms with Crippen LogP contribution in [-0.2, 0) is 23.1 Å². The van der Waals surface area contributed by atoms with E-state index in [9.17, 15) is 13.5 Å². The molecule has 20 heavy (non-hydrogen) atoms. The molecule has 0 fully saturated rings. The molecular weight excluding hydrogens is 280 g/mol. The van der Waals surface area contributed by atoms with Crippen LogP contribution >= 0.6 is 0 Å². The summed E-state index contributed by atoms with van der Waals surface area (Å²) in [5.74, 6) is -0.0130. The first-order valence-electron chi connectivity index (χ1n) is 6.01. The van der Waals surface area contributed by atoms with Gasteiger partial charge in [-0.25, -0.2) is 18.1 Å². The van der Waals surface area contributed by atoms with E-state index in [2.05, 4.69) is 9.71 Å². The van der Waals surface area contributed by atoms with Gasteiger partial charge in [0.15, 0.2) is 5.03 Å². The quantitative estimate of drug-likeness (QED) is 0.555. The first-order chi connectivity index (χ1) is 9.42. The first-order valence-corrected chi connectivity index (χ1v) is 7.49. The normalized spacial score (nSPS) is 11.7. The van der Waals surface area contributed by atoms with Crippen molar-refractivity contribution >= 4 is 15.7 Å². The number of phenolic OH excluding ortho intramolecular Hbond substituents is 1. The van der Waals surface area contributed by atoms with Crippen molar-refractivity contribution in [3.05, 3.63) is 36.3 Å². The minimum atomic E-state index is -3.71. The third-order valence-electron chi connectivity index (χ3n) is 2.81. The van der Waals surface area contributed by atoms with Gasteiger partial charge in [0.05, 0.1) is 6.33 Å². The van der Waals surface area contributed by atoms with E-state index in [1.807, 2.05) is 6.92 Å². The summed E-state index contributed by atoms with van der Waals surface area (Å²) in [4.78, 5) is 3.84. The van der Waals surface area contributed by atoms with Crippen LogP contribution in [0.1, 0.15) is 12.5 Å². The molecule has 1 heterocycles. The lowest BCUT2D eigenvalue weighted by atomic mass is 10.2. The average molecular weight is 296 g/mol. The maximum atomic E-state index is 12.0. The zero-order valence-electron chi connectivity index (χ0n) is 10.9. The lowest BCUT2D eigenvalue weighted by Crippen LogP contribution is -2.23. The molecule has 4 N–H and O–H groups in total. The van der Waals surface area contributed by atoms with Gasteiger partial charge in [-0.05, 0) is 25.1 Å². The molecule has 108 valence electrons. The van der Waals surface area contributed by atoms with Gasteiger partial charge in [-0.1, -0.05) is 0 Å². The topological polar surface area (TPSA) is 110 Å². The number of nitrogens with one attached hydrogen (secondary N) is 1. The molecule has 2 rings (SSSR count). The Kier molecular flexibility index (Phi) is 3.96. The number of nitrogens with zero attached hydrogens (tertiary/aromatic N) is 2. The van der Waals surface area contributed by atoms with E-state index < -0.39 is 10.0 Å². The van der Waals surface area contributed by atoms with Gasteiger partial charge in [0.25, 0.3) is 10.0 Å². The van der Waals surface area contributed by atoms with Crippen molar-refractivity contribution in [1.82, 2.24) is 14.3 Å². The van der Waals surface area contributed by atoms with E-state index in [1.54, 1.807) is 4.57 Å². The Morgan fingerprint density at radius 3 is 2.85 bits per heavy atom. The molecule has 8 heteroatoms. The highest BCUT2D eigenvalue weighted by atomic mass is 32.2. The van der Waals surface area contributed by atoms with Crippen molar-refractivity contribution in [3.8, 4) is 5.75 Å². The largest absolute Gasteiger partial charge is 0.508 e. The van der Waals surface area contributed by atoms with Crippen molar-refractivity contribution in [2.75, 3.05) is 5.73 Å². The molecule has 0 atom stereocenters. The van der Waals surface area contributed by atoms with Crippen LogP contribution in [0.2, 0.25) is 0 Å². The van der Waals surface area contributed by atoms with Crippen molar-refractivity contribution in [3.63, 3.8) is 0 Å². The molecule has 0 bridgehead atoms. The lowest BCUT2D eigenvalue weighted by molar-refractivity contribution is 0.467. The van der Waals surface area contributed by atoms with Crippen LogP contribution in [0.25, 0.3) is 0 Å². The minimum Gasteiger partial charge on any atom is -0.508 e. The zero-order chi connectivity index (χ0) is 14.8. The van der Waals surface area contributed by atoms with Crippen molar-refractivity contribution in [2.24, 2.45) is 0 Å². The Bertz CT molecular complexity index is 709. The first kappa shape index (κ1) is 14.4. The van der Waals surface area contributed by atoms with Gasteiger partial charge in [0, 0.05) is 30.5 Å². The second kappa shape index (κ2) is 5.51. The maximum Gasteiger partial charge on any atom is 0.259 e. The molecule has 0 aliphatic rings. The molecule has 1 aromatic carbocycles. The number of benzene rings is 1. The number of sulfonamides is 1. The maximum absolute atomic E-state index is 12.0. The number of hydrogen-bond donors (Lipinski definition) is 3. The Balaban J connectivity index is 2.15. The van der Waals surface area contributed by atoms with Crippen LogP contribution in [0.5, 0.6) is 5.75 Å². The molecular formula is C12H16N4O3S. The fraction of sp³-hybridized carbons (Fsp3) is 0.250. The monoisotopic (exact) mass is 296 g/mol. The van der Waals surface area contributed by atoms with Gasteiger partial charge in [-0.3, -0.25) is 0 Å². The third-order valence-corrected chi connectivity index (χ3v) is 4.09. The molecule has 0 aliphatic carbocycles. The van der Waals surface area contributed by atoms with Crippen LogP contribution < -0.4 is 10.5 Å². The summed E-state index contributed by atoms with van der Waals surface area (Å²) in [7, 11) is -3.71. The fourth-order valence-electron chi connectivity index (χ4n) is 1.65. The average Bonchev–Trinajstić information content (AvgIpc) is 2.89. The summed E-state index contributed by atoms with van der Waals surface area (Å²) in [6.07, 6.45) is 2.90. The van der Waals surface area contributed by atoms with Gasteiger partial charge in [0.1, 0.15) is 5.75 Å². The summed E-state index contributed by atoms with van der Waals surface area (Å²) in [5.41, 5.74) is 6.45. The highest BCUT2D eigenvalue weighted by Crippen LogP contribution is 2.20. The Morgan fingerprint density at radius 1 is 1.45 bits per heavy atom. The van der Waals surface area contributed by atoms with Crippen LogP contribution in [0.15, 0.2) is 35.7 Å². The molecule has 0 amide bonds. The summed E-state index contributed by atoms with van der Waals surface area (Å²) in [6.45, 7) is 2.47. The minimum absolute atomic E-state index is 0.0130. The van der Waals surface area contributed by atoms with Gasteiger partial charge >= 0.3 is 0 Å². The molecule has 0 spiro atoms. The SMILES string of the molecule is CCn1cnc(S(=O)(=O)NCc2cc(N)ccc2O)c1. The van der Waals surface area contributed by atoms with E-state index in [4.69, 9.17) is 5.73 Å². The molecule has 0 aliphatic heterocycles. The highest BCUT2D eigenvalue weighted by Gasteiger charge is 2.17. The van der Waals surface area contributed by atoms with Crippen LogP contribution in [0, 0.1) is 0 Å². The number of imidazole rings is 1. The number of aromatic hydroxyl groups is 1. The summed E-state index contributed by atoms with van der Waals surface area (Å²) < 4.78 is 28.1. The van der Waals surface area contributed by atoms with Gasteiger partial charge in [-0.15, -0.1) is 0 Å². The number of aromatic nitrogens is 2. The fourth-order valence-corrected chi connectivity index (χ4v) is 2.60. The standard InChI is InChI=1S/C12H16N4O3S/c1-2-16-7-12(14-8-16)20(18,19)15-6-9-5-10(13)3-4-11(9)17/h3-5,7-8,15,17H,2,6,13H2,1H3. The molecule has 0 unspecified atom stereocenters. The second-order valence-corrected chi connectivity index (χ2v) is 5.97. The molecule has 0 saturated carbocycles. The van der Waals surface area contributed by atoms with E-state index in [0.717, 1.165) is 0 Å². The second-order valence-electron chi connectivity index (χ2n) is 4.26. The summed E-state index contributed by atoms with van der Waals surface area (Å²) in [6, 6.07) is 4.48. The molecule has 0 radical (unpaired) electrons. The van der Waals surface area contributed by atoms with Crippen LogP contribution in [0.4, 0.5) is 5.69 Å². The van der Waals surface area contributed by atoms with E-state index in [-0.39, 0.29) is 17.3 Å². The van der Waals surface area contributed by atoms with Gasteiger partial charge in [0.2, 0.25) is 0 Å². The molecule has 7 nitrogen and oxygen atoms in total. The Hall–Kier alpha value is -2.06. The number of phenols is 1. The van der Waals surface area contributed by atoms with Crippen LogP contribution in [-0.4, -0.2) is 23.1 Å². The summed E-state index contributed by atoms with van der Waals surface area (Å²) >= 11 is 0. The molecule has 1 aromatic heterocycles. The molecule has 0 saturated heterocycles. The predicted octanol–water partition coefficient (Wildman–Crippen LogP) is 0.669. The van der Waals surface area contributed by atoms with Crippen molar-refractivity contribution < 1.29 is 13.5 Å². The van der Waals surface area contributed by atoms with E-state index >= 15 is 0 Å². The Morgan fingerprint density at radius 2 is 2.20 bits per heavy atom. The number of hydrogen-bond acceptors (Lipinski definition) is 5. The van der Waals surface area contributed by atoms with E-state index in [0.29, 0.717) is 17.8 Å². The summed E-state index contributed by atoms with van der Waals surface area (Å²) in [5, 5.41) is 9.58. The molecule has 2 aromatic rings. The van der Waals surface area contributed by atoms with Crippen LogP contribution in [0.3, 0.4) is 0 Å². The van der Waals surface area contributed by atoms with E-state index in [1.165, 1.54) is 30.7 Å². The predicted molar refractivity (Wildman–Crippen MR) is 74.4 cm³/mol. The number of anilines is 1. The number of nitrogens with two attached hydrogens (primary N) is 1. The highest BCUT2D eigenvalue weighted by molar-refractivity contribution is 7.89.